The van der Waals surface area contributed by atoms with Gasteiger partial charge in [-0.25, -0.2) is 22.0 Å². The van der Waals surface area contributed by atoms with Crippen LogP contribution in [0.15, 0.2) is 52.2 Å². The molecule has 1 heterocycles. The molecule has 0 saturated heterocycles. The molecule has 1 amide bonds. The number of H-pyrrole nitrogens is 2. The Morgan fingerprint density at radius 3 is 2.40 bits per heavy atom. The van der Waals surface area contributed by atoms with Crippen molar-refractivity contribution in [2.45, 2.75) is 24.7 Å². The van der Waals surface area contributed by atoms with E-state index in [9.17, 15) is 26.8 Å². The summed E-state index contributed by atoms with van der Waals surface area (Å²) in [6.07, 6.45) is -2.11. The van der Waals surface area contributed by atoms with Crippen LogP contribution < -0.4 is 10.4 Å². The van der Waals surface area contributed by atoms with Gasteiger partial charge in [0.25, 0.3) is 22.4 Å². The molecule has 0 unspecified atom stereocenters. The quantitative estimate of drug-likeness (QED) is 0.502. The predicted molar refractivity (Wildman–Crippen MR) is 108 cm³/mol. The number of aromatic amines is 2. The number of carbonyl (C=O) groups is 1. The van der Waals surface area contributed by atoms with E-state index in [0.29, 0.717) is 17.5 Å². The molecule has 2 aromatic carbocycles. The molecular formula is C19H20F2N4O4S. The highest BCUT2D eigenvalue weighted by Gasteiger charge is 2.20. The van der Waals surface area contributed by atoms with E-state index in [2.05, 4.69) is 14.7 Å². The van der Waals surface area contributed by atoms with Crippen molar-refractivity contribution in [2.24, 2.45) is 0 Å². The van der Waals surface area contributed by atoms with Crippen molar-refractivity contribution in [1.82, 2.24) is 14.9 Å². The molecule has 1 aromatic heterocycles. The number of nitrogens with zero attached hydrogens (tertiary/aromatic N) is 1. The minimum atomic E-state index is -3.95. The zero-order valence-corrected chi connectivity index (χ0v) is 16.8. The van der Waals surface area contributed by atoms with E-state index in [1.807, 2.05) is 0 Å². The Kier molecular flexibility index (Phi) is 6.20. The Morgan fingerprint density at radius 1 is 1.10 bits per heavy atom. The number of alkyl halides is 2. The molecule has 0 aliphatic rings. The first kappa shape index (κ1) is 21.5. The van der Waals surface area contributed by atoms with Crippen LogP contribution in [0.1, 0.15) is 23.7 Å². The van der Waals surface area contributed by atoms with Crippen LogP contribution in [-0.4, -0.2) is 48.7 Å². The Balaban J connectivity index is 1.78. The fourth-order valence-electron chi connectivity index (χ4n) is 2.97. The molecule has 0 spiro atoms. The van der Waals surface area contributed by atoms with Gasteiger partial charge in [-0.15, -0.1) is 0 Å². The number of anilines is 1. The number of imidazole rings is 1. The lowest BCUT2D eigenvalue weighted by Gasteiger charge is -2.21. The molecule has 160 valence electrons. The van der Waals surface area contributed by atoms with Crippen LogP contribution in [0, 0.1) is 0 Å². The molecule has 0 aliphatic carbocycles. The van der Waals surface area contributed by atoms with Crippen LogP contribution in [-0.2, 0) is 10.0 Å². The highest BCUT2D eigenvalue weighted by molar-refractivity contribution is 7.92. The van der Waals surface area contributed by atoms with Crippen molar-refractivity contribution in [2.75, 3.05) is 17.8 Å². The molecule has 0 bridgehead atoms. The largest absolute Gasteiger partial charge is 0.333 e. The number of aromatic nitrogens is 2. The highest BCUT2D eigenvalue weighted by Crippen LogP contribution is 2.20. The van der Waals surface area contributed by atoms with E-state index in [4.69, 9.17) is 0 Å². The lowest BCUT2D eigenvalue weighted by molar-refractivity contribution is 0.0555. The van der Waals surface area contributed by atoms with Crippen molar-refractivity contribution in [1.29, 1.82) is 0 Å². The first-order valence-corrected chi connectivity index (χ1v) is 10.6. The zero-order valence-electron chi connectivity index (χ0n) is 16.0. The normalized spacial score (nSPS) is 11.7. The van der Waals surface area contributed by atoms with E-state index in [-0.39, 0.29) is 22.7 Å². The second-order valence-electron chi connectivity index (χ2n) is 6.61. The first-order valence-electron chi connectivity index (χ1n) is 9.12. The smallest absolute Gasteiger partial charge is 0.323 e. The van der Waals surface area contributed by atoms with Gasteiger partial charge in [-0.3, -0.25) is 9.52 Å². The number of nitrogens with one attached hydrogen (secondary N) is 3. The number of amides is 1. The van der Waals surface area contributed by atoms with Gasteiger partial charge in [0.05, 0.1) is 22.5 Å². The summed E-state index contributed by atoms with van der Waals surface area (Å²) in [5.41, 5.74) is 0.751. The average Bonchev–Trinajstić information content (AvgIpc) is 3.06. The van der Waals surface area contributed by atoms with Crippen LogP contribution in [0.5, 0.6) is 0 Å². The monoisotopic (exact) mass is 438 g/mol. The molecule has 3 aromatic rings. The average molecular weight is 438 g/mol. The van der Waals surface area contributed by atoms with Gasteiger partial charge in [0.2, 0.25) is 0 Å². The van der Waals surface area contributed by atoms with Crippen LogP contribution in [0.25, 0.3) is 11.0 Å². The second kappa shape index (κ2) is 8.66. The second-order valence-corrected chi connectivity index (χ2v) is 8.29. The maximum absolute atomic E-state index is 12.7. The number of halogens is 2. The minimum Gasteiger partial charge on any atom is -0.333 e. The molecule has 30 heavy (non-hydrogen) atoms. The van der Waals surface area contributed by atoms with Gasteiger partial charge in [0, 0.05) is 17.8 Å². The van der Waals surface area contributed by atoms with Gasteiger partial charge in [-0.05, 0) is 48.9 Å². The molecule has 0 saturated carbocycles. The fourth-order valence-corrected chi connectivity index (χ4v) is 4.05. The predicted octanol–water partition coefficient (Wildman–Crippen LogP) is 2.77. The molecule has 0 aliphatic heterocycles. The number of rotatable bonds is 8. The van der Waals surface area contributed by atoms with E-state index in [1.165, 1.54) is 42.5 Å². The molecule has 3 rings (SSSR count). The van der Waals surface area contributed by atoms with Gasteiger partial charge < -0.3 is 14.9 Å². The summed E-state index contributed by atoms with van der Waals surface area (Å²) in [5.74, 6) is -0.548. The summed E-state index contributed by atoms with van der Waals surface area (Å²) >= 11 is 0. The number of sulfonamides is 1. The van der Waals surface area contributed by atoms with Gasteiger partial charge in [0.1, 0.15) is 0 Å². The van der Waals surface area contributed by atoms with E-state index in [0.717, 1.165) is 4.90 Å². The van der Waals surface area contributed by atoms with Crippen molar-refractivity contribution in [3.63, 3.8) is 0 Å². The summed E-state index contributed by atoms with van der Waals surface area (Å²) in [4.78, 5) is 29.8. The summed E-state index contributed by atoms with van der Waals surface area (Å²) in [7, 11) is -3.95. The highest BCUT2D eigenvalue weighted by atomic mass is 32.2. The molecular weight excluding hydrogens is 418 g/mol. The van der Waals surface area contributed by atoms with Crippen molar-refractivity contribution < 1.29 is 22.0 Å². The van der Waals surface area contributed by atoms with E-state index in [1.54, 1.807) is 6.92 Å². The third-order valence-corrected chi connectivity index (χ3v) is 5.70. The van der Waals surface area contributed by atoms with Crippen LogP contribution in [0.4, 0.5) is 14.5 Å². The lowest BCUT2D eigenvalue weighted by atomic mass is 10.2. The van der Waals surface area contributed by atoms with Crippen LogP contribution >= 0.6 is 0 Å². The molecule has 0 fully saturated rings. The summed E-state index contributed by atoms with van der Waals surface area (Å²) < 4.78 is 53.0. The lowest BCUT2D eigenvalue weighted by Crippen LogP contribution is -2.35. The van der Waals surface area contributed by atoms with Gasteiger partial charge in [-0.1, -0.05) is 6.92 Å². The number of benzene rings is 2. The minimum absolute atomic E-state index is 0.0588. The summed E-state index contributed by atoms with van der Waals surface area (Å²) in [5, 5.41) is 0. The Labute approximate surface area is 171 Å². The number of carbonyl (C=O) groups excluding carboxylic acids is 1. The number of fused-ring (bicyclic) bond motifs is 1. The summed E-state index contributed by atoms with van der Waals surface area (Å²) in [6.45, 7) is 1.32. The molecule has 8 nitrogen and oxygen atoms in total. The Hall–Kier alpha value is -3.21. The molecule has 11 heteroatoms. The summed E-state index contributed by atoms with van der Waals surface area (Å²) in [6, 6.07) is 9.65. The van der Waals surface area contributed by atoms with E-state index < -0.39 is 34.6 Å². The van der Waals surface area contributed by atoms with Crippen molar-refractivity contribution in [3.05, 3.63) is 58.5 Å². The van der Waals surface area contributed by atoms with Gasteiger partial charge in [-0.2, -0.15) is 0 Å². The van der Waals surface area contributed by atoms with E-state index >= 15 is 0 Å². The maximum atomic E-state index is 12.7. The Morgan fingerprint density at radius 2 is 1.77 bits per heavy atom. The molecule has 3 N–H and O–H groups in total. The fraction of sp³-hybridized carbons (Fsp3) is 0.263. The topological polar surface area (TPSA) is 115 Å². The zero-order chi connectivity index (χ0) is 21.9. The standard InChI is InChI=1S/C19H20F2N4O4S/c1-2-9-25(11-17(20)21)18(26)12-3-5-13(6-4-12)24-30(28,29)14-7-8-15-16(10-14)23-19(27)22-15/h3-8,10,17,24H,2,9,11H2,1H3,(H2,22,23,27). The Bertz CT molecular complexity index is 1200. The number of hydrogen-bond donors (Lipinski definition) is 3. The maximum Gasteiger partial charge on any atom is 0.323 e. The van der Waals surface area contributed by atoms with Gasteiger partial charge >= 0.3 is 5.69 Å². The number of hydrogen-bond acceptors (Lipinski definition) is 4. The third-order valence-electron chi connectivity index (χ3n) is 4.32. The van der Waals surface area contributed by atoms with Crippen LogP contribution in [0.3, 0.4) is 0 Å². The molecule has 0 atom stereocenters. The van der Waals surface area contributed by atoms with Crippen molar-refractivity contribution in [3.8, 4) is 0 Å². The SMILES string of the molecule is CCCN(CC(F)F)C(=O)c1ccc(NS(=O)(=O)c2ccc3[nH]c(=O)[nH]c3c2)cc1. The first-order chi connectivity index (χ1) is 14.2. The van der Waals surface area contributed by atoms with Crippen LogP contribution in [0.2, 0.25) is 0 Å². The van der Waals surface area contributed by atoms with Crippen molar-refractivity contribution >= 4 is 32.7 Å². The third kappa shape index (κ3) is 4.85. The molecule has 0 radical (unpaired) electrons. The van der Waals surface area contributed by atoms with Gasteiger partial charge in [0.15, 0.2) is 0 Å².